The minimum Gasteiger partial charge on any atom is -0.451 e. The van der Waals surface area contributed by atoms with Gasteiger partial charge in [0.1, 0.15) is 0 Å². The van der Waals surface area contributed by atoms with E-state index in [4.69, 9.17) is 4.74 Å². The molecule has 0 aromatic carbocycles. The van der Waals surface area contributed by atoms with Crippen LogP contribution >= 0.6 is 0 Å². The highest BCUT2D eigenvalue weighted by molar-refractivity contribution is 5.89. The van der Waals surface area contributed by atoms with E-state index in [0.29, 0.717) is 16.7 Å². The van der Waals surface area contributed by atoms with Crippen molar-refractivity contribution in [2.45, 2.75) is 91.1 Å². The molecule has 5 rings (SSSR count). The molecule has 5 aliphatic carbocycles. The van der Waals surface area contributed by atoms with Gasteiger partial charge in [0.25, 0.3) is 0 Å². The molecule has 0 N–H and O–H groups in total. The Morgan fingerprint density at radius 3 is 2.15 bits per heavy atom. The summed E-state index contributed by atoms with van der Waals surface area (Å²) in [6.45, 7) is 7.99. The molecule has 3 heteroatoms. The highest BCUT2D eigenvalue weighted by Crippen LogP contribution is 2.82. The van der Waals surface area contributed by atoms with Crippen molar-refractivity contribution in [3.05, 3.63) is 0 Å². The molecule has 8 atom stereocenters. The number of ketones is 1. The first-order valence-electron chi connectivity index (χ1n) is 10.9. The van der Waals surface area contributed by atoms with Crippen molar-refractivity contribution in [2.75, 3.05) is 0 Å². The average molecular weight is 359 g/mol. The summed E-state index contributed by atoms with van der Waals surface area (Å²) < 4.78 is 5.86. The standard InChI is InChI=1S/C23H34O3/c1-14(24)23(26-15(2)25)12-8-19-17-6-11-22-13-16(22)5-9-20(22,3)18(17)7-10-21(19,23)4/h16-19H,5-13H2,1-4H3/t16-,17?,18?,19?,20?,21?,22?,23+/m1/s1. The Morgan fingerprint density at radius 1 is 0.846 bits per heavy atom. The second-order valence-electron chi connectivity index (χ2n) is 10.9. The quantitative estimate of drug-likeness (QED) is 0.658. The van der Waals surface area contributed by atoms with E-state index < -0.39 is 5.60 Å². The first-order valence-corrected chi connectivity index (χ1v) is 10.9. The molecule has 3 nitrogen and oxygen atoms in total. The Kier molecular flexibility index (Phi) is 3.28. The number of esters is 1. The summed E-state index contributed by atoms with van der Waals surface area (Å²) in [5, 5.41) is 0. The van der Waals surface area contributed by atoms with Crippen molar-refractivity contribution in [3.8, 4) is 0 Å². The van der Waals surface area contributed by atoms with Crippen molar-refractivity contribution >= 4 is 11.8 Å². The Balaban J connectivity index is 1.51. The summed E-state index contributed by atoms with van der Waals surface area (Å²) in [4.78, 5) is 24.6. The fraction of sp³-hybridized carbons (Fsp3) is 0.913. The third-order valence-electron chi connectivity index (χ3n) is 10.6. The van der Waals surface area contributed by atoms with E-state index in [1.807, 2.05) is 0 Å². The molecular weight excluding hydrogens is 324 g/mol. The zero-order valence-corrected chi connectivity index (χ0v) is 16.9. The van der Waals surface area contributed by atoms with E-state index in [9.17, 15) is 9.59 Å². The molecular formula is C23H34O3. The van der Waals surface area contributed by atoms with Gasteiger partial charge in [-0.1, -0.05) is 13.8 Å². The molecule has 5 aliphatic rings. The number of ether oxygens (including phenoxy) is 1. The van der Waals surface area contributed by atoms with E-state index in [2.05, 4.69) is 13.8 Å². The van der Waals surface area contributed by atoms with E-state index in [0.717, 1.165) is 37.0 Å². The van der Waals surface area contributed by atoms with Gasteiger partial charge in [0.05, 0.1) is 0 Å². The summed E-state index contributed by atoms with van der Waals surface area (Å²) >= 11 is 0. The lowest BCUT2D eigenvalue weighted by molar-refractivity contribution is -0.190. The average Bonchev–Trinajstić information content (AvgIpc) is 3.10. The minimum atomic E-state index is -0.873. The monoisotopic (exact) mass is 358 g/mol. The molecule has 1 spiro atoms. The van der Waals surface area contributed by atoms with Crippen LogP contribution in [0, 0.1) is 39.9 Å². The molecule has 0 radical (unpaired) electrons. The SMILES string of the molecule is CC(=O)O[C@]1(C(C)=O)CCC2C3CCC45C[C@H]4CCC5(C)C3CCC21C. The van der Waals surface area contributed by atoms with Crippen LogP contribution in [0.5, 0.6) is 0 Å². The Bertz CT molecular complexity index is 685. The molecule has 0 aliphatic heterocycles. The molecule has 0 amide bonds. The van der Waals surface area contributed by atoms with Gasteiger partial charge < -0.3 is 4.74 Å². The van der Waals surface area contributed by atoms with Crippen LogP contribution in [-0.2, 0) is 14.3 Å². The highest BCUT2D eigenvalue weighted by atomic mass is 16.6. The van der Waals surface area contributed by atoms with Crippen molar-refractivity contribution in [1.82, 2.24) is 0 Å². The highest BCUT2D eigenvalue weighted by Gasteiger charge is 2.75. The lowest BCUT2D eigenvalue weighted by Crippen LogP contribution is -2.59. The summed E-state index contributed by atoms with van der Waals surface area (Å²) in [5.74, 6) is 2.87. The molecule has 5 fully saturated rings. The fourth-order valence-electron chi connectivity index (χ4n) is 9.29. The third kappa shape index (κ3) is 1.72. The summed E-state index contributed by atoms with van der Waals surface area (Å²) in [6.07, 6.45) is 11.2. The molecule has 0 aromatic rings. The third-order valence-corrected chi connectivity index (χ3v) is 10.6. The van der Waals surface area contributed by atoms with Crippen molar-refractivity contribution in [3.63, 3.8) is 0 Å². The van der Waals surface area contributed by atoms with Crippen LogP contribution in [0.1, 0.15) is 85.5 Å². The van der Waals surface area contributed by atoms with E-state index in [1.165, 1.54) is 45.4 Å². The molecule has 0 saturated heterocycles. The topological polar surface area (TPSA) is 43.4 Å². The number of rotatable bonds is 2. The normalized spacial score (nSPS) is 56.8. The lowest BCUT2D eigenvalue weighted by Gasteiger charge is -2.59. The van der Waals surface area contributed by atoms with E-state index in [-0.39, 0.29) is 17.2 Å². The van der Waals surface area contributed by atoms with Crippen molar-refractivity contribution < 1.29 is 14.3 Å². The van der Waals surface area contributed by atoms with Gasteiger partial charge in [-0.3, -0.25) is 9.59 Å². The minimum absolute atomic E-state index is 0.0674. The maximum absolute atomic E-state index is 12.7. The smallest absolute Gasteiger partial charge is 0.303 e. The molecule has 144 valence electrons. The molecule has 6 unspecified atom stereocenters. The zero-order chi connectivity index (χ0) is 18.5. The number of Topliss-reactive ketones (excluding diaryl/α,β-unsaturated/α-hetero) is 1. The van der Waals surface area contributed by atoms with Crippen LogP contribution < -0.4 is 0 Å². The van der Waals surface area contributed by atoms with E-state index in [1.54, 1.807) is 6.92 Å². The van der Waals surface area contributed by atoms with Gasteiger partial charge in [0.2, 0.25) is 0 Å². The number of carbonyl (C=O) groups excluding carboxylic acids is 2. The van der Waals surface area contributed by atoms with Crippen LogP contribution in [0.3, 0.4) is 0 Å². The first kappa shape index (κ1) is 17.3. The molecule has 0 heterocycles. The predicted molar refractivity (Wildman–Crippen MR) is 99.3 cm³/mol. The van der Waals surface area contributed by atoms with Gasteiger partial charge in [-0.25, -0.2) is 0 Å². The van der Waals surface area contributed by atoms with Crippen molar-refractivity contribution in [2.24, 2.45) is 39.9 Å². The van der Waals surface area contributed by atoms with Gasteiger partial charge in [0.15, 0.2) is 11.4 Å². The van der Waals surface area contributed by atoms with Crippen LogP contribution in [0.15, 0.2) is 0 Å². The largest absolute Gasteiger partial charge is 0.451 e. The molecule has 5 saturated carbocycles. The summed E-state index contributed by atoms with van der Waals surface area (Å²) in [5.41, 5.74) is 0.162. The van der Waals surface area contributed by atoms with Gasteiger partial charge >= 0.3 is 5.97 Å². The zero-order valence-electron chi connectivity index (χ0n) is 16.9. The van der Waals surface area contributed by atoms with Gasteiger partial charge in [-0.05, 0) is 99.2 Å². The van der Waals surface area contributed by atoms with Gasteiger partial charge in [-0.15, -0.1) is 0 Å². The Labute approximate surface area is 157 Å². The number of hydrogen-bond donors (Lipinski definition) is 0. The number of hydrogen-bond acceptors (Lipinski definition) is 3. The van der Waals surface area contributed by atoms with Crippen molar-refractivity contribution in [1.29, 1.82) is 0 Å². The second kappa shape index (κ2) is 4.94. The maximum atomic E-state index is 12.7. The van der Waals surface area contributed by atoms with Gasteiger partial charge in [0, 0.05) is 12.3 Å². The second-order valence-corrected chi connectivity index (χ2v) is 10.9. The number of fused-ring (bicyclic) bond motifs is 4. The Hall–Kier alpha value is -0.860. The predicted octanol–water partition coefficient (Wildman–Crippen LogP) is 4.92. The van der Waals surface area contributed by atoms with Crippen LogP contribution in [0.25, 0.3) is 0 Å². The lowest BCUT2D eigenvalue weighted by atomic mass is 9.45. The fourth-order valence-corrected chi connectivity index (χ4v) is 9.29. The van der Waals surface area contributed by atoms with Crippen LogP contribution in [0.2, 0.25) is 0 Å². The number of carbonyl (C=O) groups is 2. The van der Waals surface area contributed by atoms with E-state index >= 15 is 0 Å². The summed E-state index contributed by atoms with van der Waals surface area (Å²) in [7, 11) is 0. The molecule has 0 bridgehead atoms. The van der Waals surface area contributed by atoms with Crippen LogP contribution in [0.4, 0.5) is 0 Å². The Morgan fingerprint density at radius 2 is 1.50 bits per heavy atom. The first-order chi connectivity index (χ1) is 12.2. The van der Waals surface area contributed by atoms with Gasteiger partial charge in [-0.2, -0.15) is 0 Å². The molecule has 26 heavy (non-hydrogen) atoms. The van der Waals surface area contributed by atoms with Crippen LogP contribution in [-0.4, -0.2) is 17.4 Å². The maximum Gasteiger partial charge on any atom is 0.303 e. The summed E-state index contributed by atoms with van der Waals surface area (Å²) in [6, 6.07) is 0. The molecule has 0 aromatic heterocycles.